The van der Waals surface area contributed by atoms with Crippen molar-refractivity contribution in [2.24, 2.45) is 0 Å². The number of esters is 1. The largest absolute Gasteiger partial charge is 0.482 e. The van der Waals surface area contributed by atoms with Crippen LogP contribution in [-0.4, -0.2) is 24.6 Å². The average Bonchev–Trinajstić information content (AvgIpc) is 2.78. The number of nitrogens with one attached hydrogen (secondary N) is 1. The van der Waals surface area contributed by atoms with Gasteiger partial charge in [-0.25, -0.2) is 4.79 Å². The van der Waals surface area contributed by atoms with Crippen molar-refractivity contribution < 1.29 is 19.1 Å². The molecule has 0 aliphatic heterocycles. The van der Waals surface area contributed by atoms with Gasteiger partial charge in [0.2, 0.25) is 0 Å². The summed E-state index contributed by atoms with van der Waals surface area (Å²) in [7, 11) is 0. The van der Waals surface area contributed by atoms with E-state index in [2.05, 4.69) is 5.32 Å². The fourth-order valence-corrected chi connectivity index (χ4v) is 3.05. The predicted molar refractivity (Wildman–Crippen MR) is 117 cm³/mol. The van der Waals surface area contributed by atoms with E-state index in [1.807, 2.05) is 85.8 Å². The molecule has 0 fully saturated rings. The van der Waals surface area contributed by atoms with Gasteiger partial charge in [0, 0.05) is 11.3 Å². The monoisotopic (exact) mass is 403 g/mol. The molecule has 0 saturated heterocycles. The molecule has 0 aliphatic rings. The molecule has 3 aromatic rings. The summed E-state index contributed by atoms with van der Waals surface area (Å²) in [6.07, 6.45) is -0.156. The van der Waals surface area contributed by atoms with Crippen LogP contribution < -0.4 is 10.1 Å². The molecule has 30 heavy (non-hydrogen) atoms. The lowest BCUT2D eigenvalue weighted by Crippen LogP contribution is -2.31. The second kappa shape index (κ2) is 10.3. The van der Waals surface area contributed by atoms with Crippen LogP contribution in [0.15, 0.2) is 78.9 Å². The molecule has 3 rings (SSSR count). The molecule has 0 heterocycles. The molecular formula is C25H25NO4. The van der Waals surface area contributed by atoms with Crippen LogP contribution in [0, 0.1) is 0 Å². The highest BCUT2D eigenvalue weighted by Gasteiger charge is 2.19. The number of hydrogen-bond donors (Lipinski definition) is 1. The second-order valence-corrected chi connectivity index (χ2v) is 6.78. The van der Waals surface area contributed by atoms with Gasteiger partial charge in [-0.15, -0.1) is 0 Å². The maximum Gasteiger partial charge on any atom is 0.344 e. The topological polar surface area (TPSA) is 64.6 Å². The van der Waals surface area contributed by atoms with Gasteiger partial charge >= 0.3 is 5.97 Å². The van der Waals surface area contributed by atoms with Crippen molar-refractivity contribution in [3.05, 3.63) is 84.4 Å². The number of para-hydroxylation sites is 2. The maximum atomic E-state index is 12.6. The minimum atomic E-state index is -0.952. The lowest BCUT2D eigenvalue weighted by molar-refractivity contribution is -0.155. The summed E-state index contributed by atoms with van der Waals surface area (Å²) in [4.78, 5) is 24.7. The molecule has 0 spiro atoms. The number of carbonyl (C=O) groups excluding carboxylic acids is 2. The zero-order valence-corrected chi connectivity index (χ0v) is 17.1. The molecule has 5 heteroatoms. The van der Waals surface area contributed by atoms with Gasteiger partial charge < -0.3 is 14.8 Å². The molecule has 1 unspecified atom stereocenters. The van der Waals surface area contributed by atoms with Crippen molar-refractivity contribution in [1.82, 2.24) is 0 Å². The second-order valence-electron chi connectivity index (χ2n) is 6.78. The molecule has 1 amide bonds. The fraction of sp³-hybridized carbons (Fsp3) is 0.200. The smallest absolute Gasteiger partial charge is 0.344 e. The Morgan fingerprint density at radius 2 is 1.57 bits per heavy atom. The third-order valence-electron chi connectivity index (χ3n) is 4.65. The van der Waals surface area contributed by atoms with Crippen LogP contribution >= 0.6 is 0 Å². The average molecular weight is 403 g/mol. The molecule has 0 radical (unpaired) electrons. The SMILES string of the molecule is CCc1ccccc1OCC(=O)OC(C)C(=O)Nc1ccccc1-c1ccccc1. The Kier molecular flexibility index (Phi) is 7.22. The van der Waals surface area contributed by atoms with Gasteiger partial charge in [0.05, 0.1) is 0 Å². The van der Waals surface area contributed by atoms with E-state index in [1.165, 1.54) is 0 Å². The zero-order chi connectivity index (χ0) is 21.3. The summed E-state index contributed by atoms with van der Waals surface area (Å²) in [5.41, 5.74) is 3.55. The minimum Gasteiger partial charge on any atom is -0.482 e. The number of hydrogen-bond acceptors (Lipinski definition) is 4. The third-order valence-corrected chi connectivity index (χ3v) is 4.65. The number of anilines is 1. The maximum absolute atomic E-state index is 12.6. The normalized spacial score (nSPS) is 11.4. The van der Waals surface area contributed by atoms with Gasteiger partial charge in [-0.3, -0.25) is 4.79 Å². The quantitative estimate of drug-likeness (QED) is 0.545. The summed E-state index contributed by atoms with van der Waals surface area (Å²) in [6, 6.07) is 24.8. The number of aryl methyl sites for hydroxylation is 1. The molecular weight excluding hydrogens is 378 g/mol. The third kappa shape index (κ3) is 5.47. The first kappa shape index (κ1) is 21.1. The minimum absolute atomic E-state index is 0.255. The Morgan fingerprint density at radius 3 is 2.33 bits per heavy atom. The van der Waals surface area contributed by atoms with E-state index in [0.717, 1.165) is 23.1 Å². The summed E-state index contributed by atoms with van der Waals surface area (Å²) >= 11 is 0. The number of ether oxygens (including phenoxy) is 2. The first-order valence-corrected chi connectivity index (χ1v) is 9.94. The van der Waals surface area contributed by atoms with Crippen LogP contribution in [0.25, 0.3) is 11.1 Å². The Balaban J connectivity index is 1.58. The van der Waals surface area contributed by atoms with E-state index in [0.29, 0.717) is 11.4 Å². The lowest BCUT2D eigenvalue weighted by Gasteiger charge is -2.16. The molecule has 0 aromatic heterocycles. The Bertz CT molecular complexity index is 1000. The van der Waals surface area contributed by atoms with Gasteiger partial charge in [-0.2, -0.15) is 0 Å². The zero-order valence-electron chi connectivity index (χ0n) is 17.1. The fourth-order valence-electron chi connectivity index (χ4n) is 3.05. The standard InChI is InChI=1S/C25H25NO4/c1-3-19-11-7-10-16-23(19)29-17-24(27)30-18(2)25(28)26-22-15-9-8-14-21(22)20-12-5-4-6-13-20/h4-16,18H,3,17H2,1-2H3,(H,26,28). The first-order valence-electron chi connectivity index (χ1n) is 9.94. The molecule has 0 aliphatic carbocycles. The van der Waals surface area contributed by atoms with Crippen LogP contribution in [0.5, 0.6) is 5.75 Å². The molecule has 5 nitrogen and oxygen atoms in total. The first-order chi connectivity index (χ1) is 14.6. The molecule has 0 saturated carbocycles. The Morgan fingerprint density at radius 1 is 0.900 bits per heavy atom. The predicted octanol–water partition coefficient (Wildman–Crippen LogP) is 4.87. The highest BCUT2D eigenvalue weighted by atomic mass is 16.6. The number of benzene rings is 3. The molecule has 1 atom stereocenters. The number of carbonyl (C=O) groups is 2. The van der Waals surface area contributed by atoms with Crippen LogP contribution in [0.4, 0.5) is 5.69 Å². The molecule has 154 valence electrons. The van der Waals surface area contributed by atoms with Crippen molar-refractivity contribution in [2.75, 3.05) is 11.9 Å². The van der Waals surface area contributed by atoms with Crippen LogP contribution in [0.3, 0.4) is 0 Å². The van der Waals surface area contributed by atoms with Gasteiger partial charge in [0.1, 0.15) is 5.75 Å². The van der Waals surface area contributed by atoms with Gasteiger partial charge in [0.15, 0.2) is 12.7 Å². The van der Waals surface area contributed by atoms with Gasteiger partial charge in [0.25, 0.3) is 5.91 Å². The highest BCUT2D eigenvalue weighted by molar-refractivity contribution is 5.98. The lowest BCUT2D eigenvalue weighted by atomic mass is 10.0. The van der Waals surface area contributed by atoms with E-state index >= 15 is 0 Å². The Hall–Kier alpha value is -3.60. The number of amides is 1. The van der Waals surface area contributed by atoms with Crippen molar-refractivity contribution in [1.29, 1.82) is 0 Å². The Labute approximate surface area is 176 Å². The summed E-state index contributed by atoms with van der Waals surface area (Å²) in [5, 5.41) is 2.85. The van der Waals surface area contributed by atoms with Crippen molar-refractivity contribution in [3.8, 4) is 16.9 Å². The summed E-state index contributed by atoms with van der Waals surface area (Å²) in [6.45, 7) is 3.30. The van der Waals surface area contributed by atoms with Crippen LogP contribution in [-0.2, 0) is 20.7 Å². The molecule has 3 aromatic carbocycles. The van der Waals surface area contributed by atoms with Crippen LogP contribution in [0.1, 0.15) is 19.4 Å². The van der Waals surface area contributed by atoms with E-state index < -0.39 is 18.0 Å². The molecule has 0 bridgehead atoms. The van der Waals surface area contributed by atoms with E-state index in [4.69, 9.17) is 9.47 Å². The molecule has 1 N–H and O–H groups in total. The van der Waals surface area contributed by atoms with Crippen molar-refractivity contribution in [3.63, 3.8) is 0 Å². The van der Waals surface area contributed by atoms with E-state index in [-0.39, 0.29) is 6.61 Å². The summed E-state index contributed by atoms with van der Waals surface area (Å²) in [5.74, 6) is -0.355. The number of rotatable bonds is 8. The van der Waals surface area contributed by atoms with E-state index in [1.54, 1.807) is 6.92 Å². The summed E-state index contributed by atoms with van der Waals surface area (Å²) < 4.78 is 10.8. The van der Waals surface area contributed by atoms with Gasteiger partial charge in [-0.1, -0.05) is 73.7 Å². The van der Waals surface area contributed by atoms with E-state index in [9.17, 15) is 9.59 Å². The van der Waals surface area contributed by atoms with Crippen molar-refractivity contribution in [2.45, 2.75) is 26.4 Å². The van der Waals surface area contributed by atoms with Crippen LogP contribution in [0.2, 0.25) is 0 Å². The van der Waals surface area contributed by atoms with Crippen molar-refractivity contribution >= 4 is 17.6 Å². The van der Waals surface area contributed by atoms with Gasteiger partial charge in [-0.05, 0) is 36.6 Å². The highest BCUT2D eigenvalue weighted by Crippen LogP contribution is 2.27.